The number of ether oxygens (including phenoxy) is 1. The van der Waals surface area contributed by atoms with E-state index in [9.17, 15) is 13.2 Å². The number of aromatic nitrogens is 2. The summed E-state index contributed by atoms with van der Waals surface area (Å²) >= 11 is 0. The van der Waals surface area contributed by atoms with Crippen molar-refractivity contribution in [1.82, 2.24) is 9.38 Å². The molecule has 0 spiro atoms. The zero-order chi connectivity index (χ0) is 24.5. The molecule has 0 aliphatic heterocycles. The molecule has 4 rings (SSSR count). The Morgan fingerprint density at radius 1 is 1.03 bits per heavy atom. The summed E-state index contributed by atoms with van der Waals surface area (Å²) in [6.07, 6.45) is 6.11. The number of aryl methyl sites for hydroxylation is 1. The quantitative estimate of drug-likeness (QED) is 0.339. The predicted octanol–water partition coefficient (Wildman–Crippen LogP) is 5.29. The number of nitrogens with zero attached hydrogens (tertiary/aromatic N) is 2. The average Bonchev–Trinajstić information content (AvgIpc) is 3.29. The lowest BCUT2D eigenvalue weighted by Crippen LogP contribution is -2.13. The van der Waals surface area contributed by atoms with Crippen molar-refractivity contribution >= 4 is 21.3 Å². The molecule has 7 heteroatoms. The molecule has 0 fully saturated rings. The van der Waals surface area contributed by atoms with Gasteiger partial charge in [0.2, 0.25) is 9.84 Å². The van der Waals surface area contributed by atoms with E-state index in [1.165, 1.54) is 7.11 Å². The lowest BCUT2D eigenvalue weighted by molar-refractivity contribution is 0.0982. The van der Waals surface area contributed by atoms with Gasteiger partial charge in [0.15, 0.2) is 5.78 Å². The number of hydrogen-bond donors (Lipinski definition) is 0. The Bertz CT molecular complexity index is 1450. The molecule has 0 N–H and O–H groups in total. The highest BCUT2D eigenvalue weighted by Crippen LogP contribution is 2.34. The van der Waals surface area contributed by atoms with Crippen LogP contribution in [-0.2, 0) is 21.7 Å². The molecule has 6 nitrogen and oxygen atoms in total. The first-order chi connectivity index (χ1) is 16.1. The number of rotatable bonds is 7. The molecule has 2 aromatic carbocycles. The Labute approximate surface area is 200 Å². The average molecular weight is 477 g/mol. The molecule has 0 aliphatic rings. The fourth-order valence-corrected chi connectivity index (χ4v) is 5.25. The zero-order valence-electron chi connectivity index (χ0n) is 19.8. The summed E-state index contributed by atoms with van der Waals surface area (Å²) in [4.78, 5) is 17.2. The molecule has 0 amide bonds. The molecule has 0 aliphatic carbocycles. The fraction of sp³-hybridized carbons (Fsp3) is 0.259. The molecule has 0 atom stereocenters. The minimum absolute atomic E-state index is 0.0241. The van der Waals surface area contributed by atoms with E-state index in [0.717, 1.165) is 16.8 Å². The Hall–Kier alpha value is -3.45. The third kappa shape index (κ3) is 4.75. The summed E-state index contributed by atoms with van der Waals surface area (Å²) in [5, 5.41) is 0. The summed E-state index contributed by atoms with van der Waals surface area (Å²) in [5.74, 6) is 0.341. The Balaban J connectivity index is 1.52. The van der Waals surface area contributed by atoms with Crippen molar-refractivity contribution in [2.75, 3.05) is 7.11 Å². The molecule has 0 bridgehead atoms. The van der Waals surface area contributed by atoms with Crippen LogP contribution < -0.4 is 4.74 Å². The third-order valence-corrected chi connectivity index (χ3v) is 7.70. The van der Waals surface area contributed by atoms with Gasteiger partial charge in [-0.2, -0.15) is 0 Å². The number of ketones is 1. The lowest BCUT2D eigenvalue weighted by atomic mass is 9.87. The van der Waals surface area contributed by atoms with Crippen LogP contribution in [-0.4, -0.2) is 30.7 Å². The molecule has 4 aromatic rings. The minimum atomic E-state index is -3.77. The van der Waals surface area contributed by atoms with Gasteiger partial charge in [-0.25, -0.2) is 13.4 Å². The molecule has 176 valence electrons. The largest absolute Gasteiger partial charge is 0.495 e. The van der Waals surface area contributed by atoms with Crippen LogP contribution >= 0.6 is 0 Å². The van der Waals surface area contributed by atoms with Crippen LogP contribution in [0.15, 0.2) is 83.0 Å². The van der Waals surface area contributed by atoms with Gasteiger partial charge in [-0.15, -0.1) is 0 Å². The SMILES string of the molecule is COc1ccc(C(C)(C)C)cc1S(=O)(=O)c1ccc(CCC(=O)c2ccc3nccn3c2)cc1. The van der Waals surface area contributed by atoms with Gasteiger partial charge < -0.3 is 9.14 Å². The van der Waals surface area contributed by atoms with Crippen molar-refractivity contribution in [2.45, 2.75) is 48.8 Å². The smallest absolute Gasteiger partial charge is 0.210 e. The minimum Gasteiger partial charge on any atom is -0.495 e. The molecule has 2 heterocycles. The number of carbonyl (C=O) groups is 1. The van der Waals surface area contributed by atoms with Gasteiger partial charge in [0.05, 0.1) is 12.0 Å². The number of fused-ring (bicyclic) bond motifs is 1. The highest BCUT2D eigenvalue weighted by Gasteiger charge is 2.25. The number of pyridine rings is 1. The monoisotopic (exact) mass is 476 g/mol. The predicted molar refractivity (Wildman–Crippen MR) is 131 cm³/mol. The first-order valence-electron chi connectivity index (χ1n) is 11.1. The highest BCUT2D eigenvalue weighted by atomic mass is 32.2. The van der Waals surface area contributed by atoms with E-state index < -0.39 is 9.84 Å². The normalized spacial score (nSPS) is 12.1. The van der Waals surface area contributed by atoms with Gasteiger partial charge in [0, 0.05) is 30.6 Å². The van der Waals surface area contributed by atoms with Crippen LogP contribution in [0, 0.1) is 0 Å². The van der Waals surface area contributed by atoms with E-state index in [4.69, 9.17) is 4.74 Å². The summed E-state index contributed by atoms with van der Waals surface area (Å²) < 4.78 is 34.0. The summed E-state index contributed by atoms with van der Waals surface area (Å²) in [5.41, 5.74) is 3.02. The Morgan fingerprint density at radius 2 is 1.76 bits per heavy atom. The van der Waals surface area contributed by atoms with E-state index in [0.29, 0.717) is 24.2 Å². The van der Waals surface area contributed by atoms with E-state index in [1.807, 2.05) is 37.3 Å². The summed E-state index contributed by atoms with van der Waals surface area (Å²) in [6, 6.07) is 15.6. The topological polar surface area (TPSA) is 77.7 Å². The van der Waals surface area contributed by atoms with Crippen molar-refractivity contribution in [2.24, 2.45) is 0 Å². The second-order valence-corrected chi connectivity index (χ2v) is 11.2. The zero-order valence-corrected chi connectivity index (χ0v) is 20.6. The van der Waals surface area contributed by atoms with Crippen molar-refractivity contribution in [3.8, 4) is 5.75 Å². The van der Waals surface area contributed by atoms with Gasteiger partial charge in [-0.3, -0.25) is 4.79 Å². The molecule has 0 saturated carbocycles. The number of hydrogen-bond acceptors (Lipinski definition) is 5. The van der Waals surface area contributed by atoms with Crippen LogP contribution in [0.5, 0.6) is 5.75 Å². The molecular formula is C27H28N2O4S. The van der Waals surface area contributed by atoms with Crippen molar-refractivity contribution in [3.63, 3.8) is 0 Å². The van der Waals surface area contributed by atoms with Crippen LogP contribution in [0.4, 0.5) is 0 Å². The van der Waals surface area contributed by atoms with Crippen LogP contribution in [0.25, 0.3) is 5.65 Å². The number of methoxy groups -OCH3 is 1. The van der Waals surface area contributed by atoms with Crippen LogP contribution in [0.1, 0.15) is 48.7 Å². The Morgan fingerprint density at radius 3 is 2.44 bits per heavy atom. The molecule has 34 heavy (non-hydrogen) atoms. The van der Waals surface area contributed by atoms with E-state index in [1.54, 1.807) is 61.1 Å². The van der Waals surface area contributed by atoms with Crippen LogP contribution in [0.3, 0.4) is 0 Å². The van der Waals surface area contributed by atoms with E-state index >= 15 is 0 Å². The van der Waals surface area contributed by atoms with E-state index in [2.05, 4.69) is 4.98 Å². The van der Waals surface area contributed by atoms with Crippen molar-refractivity contribution in [1.29, 1.82) is 0 Å². The molecule has 0 radical (unpaired) electrons. The molecule has 2 aromatic heterocycles. The number of imidazole rings is 1. The lowest BCUT2D eigenvalue weighted by Gasteiger charge is -2.21. The fourth-order valence-electron chi connectivity index (χ4n) is 3.80. The molecule has 0 saturated heterocycles. The van der Waals surface area contributed by atoms with Gasteiger partial charge in [-0.1, -0.05) is 39.0 Å². The van der Waals surface area contributed by atoms with E-state index in [-0.39, 0.29) is 21.0 Å². The first kappa shape index (κ1) is 23.7. The second-order valence-electron chi connectivity index (χ2n) is 9.30. The third-order valence-electron chi connectivity index (χ3n) is 5.90. The number of sulfone groups is 1. The highest BCUT2D eigenvalue weighted by molar-refractivity contribution is 7.91. The first-order valence-corrected chi connectivity index (χ1v) is 12.6. The molecular weight excluding hydrogens is 448 g/mol. The summed E-state index contributed by atoms with van der Waals surface area (Å²) in [6.45, 7) is 6.11. The van der Waals surface area contributed by atoms with Gasteiger partial charge in [0.25, 0.3) is 0 Å². The van der Waals surface area contributed by atoms with Gasteiger partial charge in [0.1, 0.15) is 16.3 Å². The van der Waals surface area contributed by atoms with Gasteiger partial charge >= 0.3 is 0 Å². The molecule has 0 unspecified atom stereocenters. The number of Topliss-reactive ketones (excluding diaryl/α,β-unsaturated/α-hetero) is 1. The summed E-state index contributed by atoms with van der Waals surface area (Å²) in [7, 11) is -2.30. The Kier molecular flexibility index (Phi) is 6.32. The van der Waals surface area contributed by atoms with Crippen LogP contribution in [0.2, 0.25) is 0 Å². The maximum Gasteiger partial charge on any atom is 0.210 e. The second kappa shape index (κ2) is 9.06. The maximum atomic E-state index is 13.4. The van der Waals surface area contributed by atoms with Crippen molar-refractivity contribution in [3.05, 3.63) is 89.9 Å². The number of benzene rings is 2. The van der Waals surface area contributed by atoms with Gasteiger partial charge in [-0.05, 0) is 59.4 Å². The number of carbonyl (C=O) groups excluding carboxylic acids is 1. The van der Waals surface area contributed by atoms with Crippen molar-refractivity contribution < 1.29 is 17.9 Å². The standard InChI is InChI=1S/C27H28N2O4S/c1-27(2,3)21-9-13-24(33-4)25(17-21)34(31,32)22-10-5-19(6-11-22)7-12-23(30)20-8-14-26-28-15-16-29(26)18-20/h5-6,8-11,13-18H,7,12H2,1-4H3. The maximum absolute atomic E-state index is 13.4.